The van der Waals surface area contributed by atoms with Crippen LogP contribution in [0.3, 0.4) is 0 Å². The average Bonchev–Trinajstić information content (AvgIpc) is 2.81. The van der Waals surface area contributed by atoms with E-state index in [0.29, 0.717) is 31.3 Å². The molecule has 0 unspecified atom stereocenters. The lowest BCUT2D eigenvalue weighted by atomic mass is 9.99. The van der Waals surface area contributed by atoms with Gasteiger partial charge in [-0.3, -0.25) is 5.10 Å². The Morgan fingerprint density at radius 1 is 1.45 bits per heavy atom. The Morgan fingerprint density at radius 2 is 2.10 bits per heavy atom. The van der Waals surface area contributed by atoms with Crippen LogP contribution in [0.15, 0.2) is 4.90 Å². The first-order valence-corrected chi connectivity index (χ1v) is 8.08. The summed E-state index contributed by atoms with van der Waals surface area (Å²) in [4.78, 5) is 0.116. The van der Waals surface area contributed by atoms with Crippen molar-refractivity contribution in [1.29, 1.82) is 0 Å². The van der Waals surface area contributed by atoms with Gasteiger partial charge < -0.3 is 9.84 Å². The number of aliphatic hydroxyl groups is 1. The summed E-state index contributed by atoms with van der Waals surface area (Å²) < 4.78 is 31.9. The molecule has 1 aromatic heterocycles. The van der Waals surface area contributed by atoms with Gasteiger partial charge in [-0.1, -0.05) is 0 Å². The number of methoxy groups -OCH3 is 1. The van der Waals surface area contributed by atoms with E-state index in [9.17, 15) is 13.5 Å². The summed E-state index contributed by atoms with van der Waals surface area (Å²) in [5.74, 6) is 0.411. The fourth-order valence-electron chi connectivity index (χ4n) is 2.60. The number of aliphatic hydroxyl groups excluding tert-OH is 1. The van der Waals surface area contributed by atoms with Gasteiger partial charge in [0.25, 0.3) is 0 Å². The molecule has 0 aromatic carbocycles. The number of aromatic amines is 1. The second kappa shape index (κ2) is 6.21. The number of ether oxygens (including phenoxy) is 1. The molecule has 0 spiro atoms. The first-order valence-electron chi connectivity index (χ1n) is 6.64. The number of aromatic nitrogens is 2. The molecule has 0 radical (unpaired) electrons. The summed E-state index contributed by atoms with van der Waals surface area (Å²) >= 11 is 0. The molecular weight excluding hydrogens is 282 g/mol. The lowest BCUT2D eigenvalue weighted by molar-refractivity contribution is 0.121. The van der Waals surface area contributed by atoms with Gasteiger partial charge in [-0.25, -0.2) is 8.42 Å². The minimum absolute atomic E-state index is 0.116. The van der Waals surface area contributed by atoms with E-state index in [2.05, 4.69) is 10.2 Å². The van der Waals surface area contributed by atoms with E-state index in [4.69, 9.17) is 4.74 Å². The van der Waals surface area contributed by atoms with Gasteiger partial charge in [-0.05, 0) is 25.7 Å². The van der Waals surface area contributed by atoms with Crippen molar-refractivity contribution in [2.45, 2.75) is 31.3 Å². The van der Waals surface area contributed by atoms with Gasteiger partial charge >= 0.3 is 0 Å². The molecule has 1 aliphatic rings. The Balaban J connectivity index is 2.18. The quantitative estimate of drug-likeness (QED) is 0.813. The second-order valence-corrected chi connectivity index (χ2v) is 6.96. The molecule has 0 atom stereocenters. The third kappa shape index (κ3) is 2.88. The van der Waals surface area contributed by atoms with Crippen LogP contribution in [-0.2, 0) is 21.4 Å². The van der Waals surface area contributed by atoms with Gasteiger partial charge in [-0.15, -0.1) is 0 Å². The molecule has 8 heteroatoms. The van der Waals surface area contributed by atoms with Crippen LogP contribution in [0, 0.1) is 12.8 Å². The van der Waals surface area contributed by atoms with Crippen LogP contribution in [0.5, 0.6) is 0 Å². The first-order chi connectivity index (χ1) is 9.50. The summed E-state index contributed by atoms with van der Waals surface area (Å²) in [6.07, 6.45) is 1.58. The highest BCUT2D eigenvalue weighted by Gasteiger charge is 2.33. The monoisotopic (exact) mass is 303 g/mol. The number of aryl methyl sites for hydroxylation is 1. The van der Waals surface area contributed by atoms with E-state index < -0.39 is 10.0 Å². The minimum Gasteiger partial charge on any atom is -0.390 e. The minimum atomic E-state index is -3.59. The van der Waals surface area contributed by atoms with Crippen molar-refractivity contribution >= 4 is 10.0 Å². The van der Waals surface area contributed by atoms with Crippen LogP contribution in [0.1, 0.15) is 24.2 Å². The molecule has 0 bridgehead atoms. The standard InChI is InChI=1S/C12H21N3O4S/c1-9-12(11(7-16)14-13-9)20(17,18)15-5-3-10(4-6-15)8-19-2/h10,16H,3-8H2,1-2H3,(H,13,14). The number of hydrogen-bond acceptors (Lipinski definition) is 5. The Labute approximate surface area is 119 Å². The predicted octanol–water partition coefficient (Wildman–Crippen LogP) is 0.258. The molecule has 7 nitrogen and oxygen atoms in total. The molecule has 20 heavy (non-hydrogen) atoms. The molecule has 0 aliphatic carbocycles. The van der Waals surface area contributed by atoms with E-state index in [1.165, 1.54) is 4.31 Å². The van der Waals surface area contributed by atoms with Gasteiger partial charge in [0, 0.05) is 26.8 Å². The van der Waals surface area contributed by atoms with Crippen molar-refractivity contribution in [3.8, 4) is 0 Å². The molecule has 2 rings (SSSR count). The average molecular weight is 303 g/mol. The zero-order valence-corrected chi connectivity index (χ0v) is 12.6. The van der Waals surface area contributed by atoms with Crippen molar-refractivity contribution < 1.29 is 18.3 Å². The molecule has 2 N–H and O–H groups in total. The van der Waals surface area contributed by atoms with Gasteiger partial charge in [-0.2, -0.15) is 9.40 Å². The first kappa shape index (κ1) is 15.4. The van der Waals surface area contributed by atoms with E-state index in [-0.39, 0.29) is 17.2 Å². The maximum Gasteiger partial charge on any atom is 0.246 e. The molecule has 1 aromatic rings. The summed E-state index contributed by atoms with van der Waals surface area (Å²) in [7, 11) is -1.93. The van der Waals surface area contributed by atoms with E-state index in [1.807, 2.05) is 0 Å². The van der Waals surface area contributed by atoms with Crippen LogP contribution >= 0.6 is 0 Å². The van der Waals surface area contributed by atoms with E-state index >= 15 is 0 Å². The van der Waals surface area contributed by atoms with E-state index in [0.717, 1.165) is 12.8 Å². The highest BCUT2D eigenvalue weighted by Crippen LogP contribution is 2.27. The number of nitrogens with zero attached hydrogens (tertiary/aromatic N) is 2. The van der Waals surface area contributed by atoms with Crippen molar-refractivity contribution in [2.24, 2.45) is 5.92 Å². The van der Waals surface area contributed by atoms with Crippen molar-refractivity contribution in [3.63, 3.8) is 0 Å². The predicted molar refractivity (Wildman–Crippen MR) is 72.6 cm³/mol. The Hall–Kier alpha value is -0.960. The largest absolute Gasteiger partial charge is 0.390 e. The molecule has 1 aliphatic heterocycles. The van der Waals surface area contributed by atoms with Gasteiger partial charge in [0.2, 0.25) is 10.0 Å². The van der Waals surface area contributed by atoms with Gasteiger partial charge in [0.05, 0.1) is 12.3 Å². The number of hydrogen-bond donors (Lipinski definition) is 2. The number of piperidine rings is 1. The van der Waals surface area contributed by atoms with Crippen LogP contribution in [0.4, 0.5) is 0 Å². The number of H-pyrrole nitrogens is 1. The van der Waals surface area contributed by atoms with Gasteiger partial charge in [0.1, 0.15) is 10.6 Å². The Bertz CT molecular complexity index is 547. The lowest BCUT2D eigenvalue weighted by Gasteiger charge is -2.30. The molecule has 1 saturated heterocycles. The van der Waals surface area contributed by atoms with Gasteiger partial charge in [0.15, 0.2) is 0 Å². The highest BCUT2D eigenvalue weighted by atomic mass is 32.2. The zero-order chi connectivity index (χ0) is 14.8. The topological polar surface area (TPSA) is 95.5 Å². The van der Waals surface area contributed by atoms with Crippen LogP contribution in [0.25, 0.3) is 0 Å². The Kier molecular flexibility index (Phi) is 4.79. The van der Waals surface area contributed by atoms with Crippen LogP contribution < -0.4 is 0 Å². The molecule has 2 heterocycles. The smallest absolute Gasteiger partial charge is 0.246 e. The fraction of sp³-hybridized carbons (Fsp3) is 0.750. The number of nitrogens with one attached hydrogen (secondary N) is 1. The van der Waals surface area contributed by atoms with Crippen molar-refractivity contribution in [2.75, 3.05) is 26.8 Å². The van der Waals surface area contributed by atoms with E-state index in [1.54, 1.807) is 14.0 Å². The molecule has 1 fully saturated rings. The van der Waals surface area contributed by atoms with Crippen LogP contribution in [-0.4, -0.2) is 54.8 Å². The summed E-state index contributed by atoms with van der Waals surface area (Å²) in [5, 5.41) is 15.7. The third-order valence-corrected chi connectivity index (χ3v) is 5.79. The number of sulfonamides is 1. The zero-order valence-electron chi connectivity index (χ0n) is 11.8. The molecule has 114 valence electrons. The van der Waals surface area contributed by atoms with Crippen LogP contribution in [0.2, 0.25) is 0 Å². The fourth-order valence-corrected chi connectivity index (χ4v) is 4.39. The highest BCUT2D eigenvalue weighted by molar-refractivity contribution is 7.89. The Morgan fingerprint density at radius 3 is 2.65 bits per heavy atom. The normalized spacial score (nSPS) is 18.6. The van der Waals surface area contributed by atoms with Crippen molar-refractivity contribution in [3.05, 3.63) is 11.4 Å². The maximum atomic E-state index is 12.6. The lowest BCUT2D eigenvalue weighted by Crippen LogP contribution is -2.39. The number of rotatable bonds is 5. The maximum absolute atomic E-state index is 12.6. The third-order valence-electron chi connectivity index (χ3n) is 3.68. The summed E-state index contributed by atoms with van der Waals surface area (Å²) in [5.41, 5.74) is 0.648. The summed E-state index contributed by atoms with van der Waals surface area (Å²) in [6.45, 7) is 2.88. The summed E-state index contributed by atoms with van der Waals surface area (Å²) in [6, 6.07) is 0. The van der Waals surface area contributed by atoms with Crippen molar-refractivity contribution in [1.82, 2.24) is 14.5 Å². The molecule has 0 saturated carbocycles. The molecular formula is C12H21N3O4S. The SMILES string of the molecule is COCC1CCN(S(=O)(=O)c2c(CO)n[nH]c2C)CC1. The second-order valence-electron chi connectivity index (χ2n) is 5.09. The molecule has 0 amide bonds.